The number of aromatic nitrogens is 1. The van der Waals surface area contributed by atoms with E-state index >= 15 is 0 Å². The third-order valence-electron chi connectivity index (χ3n) is 4.08. The average Bonchev–Trinajstić information content (AvgIpc) is 3.18. The molecule has 3 rings (SSSR count). The largest absolute Gasteiger partial charge is 0.449 e. The van der Waals surface area contributed by atoms with Gasteiger partial charge < -0.3 is 9.64 Å². The number of halogens is 1. The molecule has 2 aromatic rings. The second-order valence-corrected chi connectivity index (χ2v) is 7.41. The monoisotopic (exact) mass is 390 g/mol. The molecule has 5 nitrogen and oxygen atoms in total. The van der Waals surface area contributed by atoms with E-state index in [-0.39, 0.29) is 5.91 Å². The van der Waals surface area contributed by atoms with Crippen LogP contribution < -0.4 is 0 Å². The summed E-state index contributed by atoms with van der Waals surface area (Å²) in [6.45, 7) is 3.05. The zero-order chi connectivity index (χ0) is 18.5. The van der Waals surface area contributed by atoms with Crippen molar-refractivity contribution in [1.29, 1.82) is 0 Å². The van der Waals surface area contributed by atoms with Crippen LogP contribution in [-0.4, -0.2) is 41.0 Å². The number of carbonyl (C=O) groups excluding carboxylic acids is 2. The number of esters is 1. The maximum absolute atomic E-state index is 12.6. The molecular weight excluding hydrogens is 372 g/mol. The molecule has 0 radical (unpaired) electrons. The van der Waals surface area contributed by atoms with Crippen molar-refractivity contribution in [3.05, 3.63) is 53.2 Å². The van der Waals surface area contributed by atoms with E-state index in [0.717, 1.165) is 30.8 Å². The second kappa shape index (κ2) is 8.56. The van der Waals surface area contributed by atoms with Crippen molar-refractivity contribution in [2.24, 2.45) is 0 Å². The van der Waals surface area contributed by atoms with E-state index < -0.39 is 12.1 Å². The van der Waals surface area contributed by atoms with Crippen molar-refractivity contribution in [1.82, 2.24) is 9.88 Å². The Morgan fingerprint density at radius 2 is 1.92 bits per heavy atom. The van der Waals surface area contributed by atoms with Gasteiger partial charge in [0.05, 0.1) is 10.6 Å². The maximum Gasteiger partial charge on any atom is 0.341 e. The SMILES string of the molecule is C[C@H](OC(=O)c1cccnc1Sc1ccccc1Cl)C(=O)N1CCCC1. The first-order chi connectivity index (χ1) is 12.6. The molecule has 0 bridgehead atoms. The predicted octanol–water partition coefficient (Wildman–Crippen LogP) is 4.05. The van der Waals surface area contributed by atoms with Crippen LogP contribution in [0.4, 0.5) is 0 Å². The molecular formula is C19H19ClN2O3S. The predicted molar refractivity (Wildman–Crippen MR) is 101 cm³/mol. The Morgan fingerprint density at radius 1 is 1.19 bits per heavy atom. The Morgan fingerprint density at radius 3 is 2.65 bits per heavy atom. The van der Waals surface area contributed by atoms with Gasteiger partial charge in [0.1, 0.15) is 5.03 Å². The zero-order valence-corrected chi connectivity index (χ0v) is 15.9. The molecule has 136 valence electrons. The quantitative estimate of drug-likeness (QED) is 0.720. The first kappa shape index (κ1) is 18.7. The number of pyridine rings is 1. The van der Waals surface area contributed by atoms with Crippen LogP contribution >= 0.6 is 23.4 Å². The summed E-state index contributed by atoms with van der Waals surface area (Å²) in [4.78, 5) is 31.7. The normalized spacial score (nSPS) is 14.9. The summed E-state index contributed by atoms with van der Waals surface area (Å²) >= 11 is 7.48. The number of carbonyl (C=O) groups is 2. The number of likely N-dealkylation sites (tertiary alicyclic amines) is 1. The first-order valence-corrected chi connectivity index (χ1v) is 9.63. The van der Waals surface area contributed by atoms with Crippen molar-refractivity contribution in [2.45, 2.75) is 35.8 Å². The molecule has 1 aliphatic rings. The minimum absolute atomic E-state index is 0.153. The number of amides is 1. The topological polar surface area (TPSA) is 59.5 Å². The molecule has 2 heterocycles. The fourth-order valence-electron chi connectivity index (χ4n) is 2.73. The van der Waals surface area contributed by atoms with Crippen LogP contribution in [0.1, 0.15) is 30.1 Å². The molecule has 1 aliphatic heterocycles. The number of hydrogen-bond donors (Lipinski definition) is 0. The van der Waals surface area contributed by atoms with Gasteiger partial charge in [-0.25, -0.2) is 9.78 Å². The van der Waals surface area contributed by atoms with Gasteiger partial charge in [0.15, 0.2) is 6.10 Å². The van der Waals surface area contributed by atoms with Crippen LogP contribution in [0.2, 0.25) is 5.02 Å². The summed E-state index contributed by atoms with van der Waals surface area (Å²) in [5, 5.41) is 1.08. The molecule has 1 atom stereocenters. The first-order valence-electron chi connectivity index (χ1n) is 8.43. The minimum atomic E-state index is -0.820. The Balaban J connectivity index is 1.73. The zero-order valence-electron chi connectivity index (χ0n) is 14.4. The Kier molecular flexibility index (Phi) is 6.16. The standard InChI is InChI=1S/C19H19ClN2O3S/c1-13(18(23)22-11-4-5-12-22)25-19(24)14-7-6-10-21-17(14)26-16-9-3-2-8-15(16)20/h2-3,6-10,13H,4-5,11-12H2,1H3/t13-/m0/s1. The van der Waals surface area contributed by atoms with E-state index in [1.54, 1.807) is 36.2 Å². The van der Waals surface area contributed by atoms with Crippen LogP contribution in [-0.2, 0) is 9.53 Å². The third kappa shape index (κ3) is 4.37. The fourth-order valence-corrected chi connectivity index (χ4v) is 3.88. The van der Waals surface area contributed by atoms with Gasteiger partial charge in [-0.1, -0.05) is 35.5 Å². The number of hydrogen-bond acceptors (Lipinski definition) is 5. The number of rotatable bonds is 5. The highest BCUT2D eigenvalue weighted by Crippen LogP contribution is 2.33. The molecule has 7 heteroatoms. The lowest BCUT2D eigenvalue weighted by Crippen LogP contribution is -2.38. The van der Waals surface area contributed by atoms with Crippen LogP contribution in [0.5, 0.6) is 0 Å². The highest BCUT2D eigenvalue weighted by atomic mass is 35.5. The van der Waals surface area contributed by atoms with E-state index in [1.165, 1.54) is 11.8 Å². The van der Waals surface area contributed by atoms with Gasteiger partial charge in [0.25, 0.3) is 5.91 Å². The lowest BCUT2D eigenvalue weighted by atomic mass is 10.3. The summed E-state index contributed by atoms with van der Waals surface area (Å²) in [5.41, 5.74) is 0.318. The van der Waals surface area contributed by atoms with Gasteiger partial charge in [-0.3, -0.25) is 4.79 Å². The molecule has 1 aromatic carbocycles. The van der Waals surface area contributed by atoms with Crippen LogP contribution in [0.15, 0.2) is 52.5 Å². The summed E-state index contributed by atoms with van der Waals surface area (Å²) in [6.07, 6.45) is 2.77. The molecule has 0 unspecified atom stereocenters. The van der Waals surface area contributed by atoms with E-state index in [4.69, 9.17) is 16.3 Å². The Bertz CT molecular complexity index is 809. The molecule has 0 saturated carbocycles. The van der Waals surface area contributed by atoms with Crippen molar-refractivity contribution in [2.75, 3.05) is 13.1 Å². The lowest BCUT2D eigenvalue weighted by Gasteiger charge is -2.20. The van der Waals surface area contributed by atoms with Gasteiger partial charge in [-0.15, -0.1) is 0 Å². The van der Waals surface area contributed by atoms with E-state index in [0.29, 0.717) is 15.6 Å². The van der Waals surface area contributed by atoms with Crippen LogP contribution in [0.25, 0.3) is 0 Å². The second-order valence-electron chi connectivity index (χ2n) is 5.97. The van der Waals surface area contributed by atoms with Gasteiger partial charge in [-0.05, 0) is 44.0 Å². The number of benzene rings is 1. The highest BCUT2D eigenvalue weighted by Gasteiger charge is 2.27. The summed E-state index contributed by atoms with van der Waals surface area (Å²) < 4.78 is 5.40. The molecule has 0 aliphatic carbocycles. The minimum Gasteiger partial charge on any atom is -0.449 e. The average molecular weight is 391 g/mol. The Labute approximate surface area is 161 Å². The molecule has 1 aromatic heterocycles. The van der Waals surface area contributed by atoms with Gasteiger partial charge >= 0.3 is 5.97 Å². The molecule has 1 saturated heterocycles. The van der Waals surface area contributed by atoms with Crippen LogP contribution in [0.3, 0.4) is 0 Å². The van der Waals surface area contributed by atoms with E-state index in [9.17, 15) is 9.59 Å². The van der Waals surface area contributed by atoms with Crippen molar-refractivity contribution >= 4 is 35.2 Å². The van der Waals surface area contributed by atoms with Crippen molar-refractivity contribution < 1.29 is 14.3 Å². The van der Waals surface area contributed by atoms with Crippen molar-refractivity contribution in [3.63, 3.8) is 0 Å². The Hall–Kier alpha value is -2.05. The summed E-state index contributed by atoms with van der Waals surface area (Å²) in [7, 11) is 0. The maximum atomic E-state index is 12.6. The van der Waals surface area contributed by atoms with Crippen LogP contribution in [0, 0.1) is 0 Å². The number of nitrogens with zero attached hydrogens (tertiary/aromatic N) is 2. The number of ether oxygens (including phenoxy) is 1. The summed E-state index contributed by atoms with van der Waals surface area (Å²) in [6, 6.07) is 10.7. The molecule has 1 amide bonds. The van der Waals surface area contributed by atoms with Gasteiger partial charge in [0, 0.05) is 24.2 Å². The fraction of sp³-hybridized carbons (Fsp3) is 0.316. The molecule has 0 spiro atoms. The highest BCUT2D eigenvalue weighted by molar-refractivity contribution is 7.99. The third-order valence-corrected chi connectivity index (χ3v) is 5.62. The molecule has 26 heavy (non-hydrogen) atoms. The molecule has 0 N–H and O–H groups in total. The lowest BCUT2D eigenvalue weighted by molar-refractivity contribution is -0.138. The van der Waals surface area contributed by atoms with Gasteiger partial charge in [0.2, 0.25) is 0 Å². The van der Waals surface area contributed by atoms with Crippen molar-refractivity contribution in [3.8, 4) is 0 Å². The van der Waals surface area contributed by atoms with E-state index in [1.807, 2.05) is 18.2 Å². The summed E-state index contributed by atoms with van der Waals surface area (Å²) in [5.74, 6) is -0.715. The smallest absolute Gasteiger partial charge is 0.341 e. The van der Waals surface area contributed by atoms with Gasteiger partial charge in [-0.2, -0.15) is 0 Å². The van der Waals surface area contributed by atoms with E-state index in [2.05, 4.69) is 4.98 Å². The molecule has 1 fully saturated rings.